The van der Waals surface area contributed by atoms with Crippen LogP contribution in [0.3, 0.4) is 0 Å². The monoisotopic (exact) mass is 345 g/mol. The van der Waals surface area contributed by atoms with Crippen molar-refractivity contribution in [2.45, 2.75) is 26.8 Å². The Balaban J connectivity index is 1.96. The third kappa shape index (κ3) is 5.32. The van der Waals surface area contributed by atoms with Gasteiger partial charge in [0.1, 0.15) is 5.82 Å². The largest absolute Gasteiger partial charge is 0.357 e. The molecule has 0 radical (unpaired) electrons. The third-order valence-electron chi connectivity index (χ3n) is 3.27. The average molecular weight is 345 g/mol. The van der Waals surface area contributed by atoms with E-state index in [9.17, 15) is 4.39 Å². The summed E-state index contributed by atoms with van der Waals surface area (Å²) in [4.78, 5) is 8.80. The molecule has 0 saturated carbocycles. The number of halogens is 1. The van der Waals surface area contributed by atoms with E-state index in [1.165, 1.54) is 18.2 Å². The first-order valence-electron chi connectivity index (χ1n) is 7.74. The maximum Gasteiger partial charge on any atom is 0.191 e. The SMILES string of the molecule is CCNC(=NCc1cc(C#N)ccc1F)NCCc1csc(C)n1. The van der Waals surface area contributed by atoms with Gasteiger partial charge in [0.25, 0.3) is 0 Å². The number of nitriles is 1. The van der Waals surface area contributed by atoms with Gasteiger partial charge in [0.15, 0.2) is 5.96 Å². The van der Waals surface area contributed by atoms with Crippen molar-refractivity contribution in [1.82, 2.24) is 15.6 Å². The molecule has 1 aromatic carbocycles. The summed E-state index contributed by atoms with van der Waals surface area (Å²) in [6, 6.07) is 6.30. The van der Waals surface area contributed by atoms with Crippen LogP contribution >= 0.6 is 11.3 Å². The molecule has 0 atom stereocenters. The average Bonchev–Trinajstić information content (AvgIpc) is 2.99. The van der Waals surface area contributed by atoms with Gasteiger partial charge in [-0.15, -0.1) is 11.3 Å². The van der Waals surface area contributed by atoms with Crippen molar-refractivity contribution in [3.8, 4) is 6.07 Å². The molecule has 0 bridgehead atoms. The van der Waals surface area contributed by atoms with Crippen LogP contribution in [0.15, 0.2) is 28.6 Å². The van der Waals surface area contributed by atoms with Gasteiger partial charge in [-0.05, 0) is 32.0 Å². The zero-order valence-electron chi connectivity index (χ0n) is 13.8. The number of guanidine groups is 1. The standard InChI is InChI=1S/C17H20FN5S/c1-3-20-17(21-7-6-15-11-24-12(2)23-15)22-10-14-8-13(9-19)4-5-16(14)18/h4-5,8,11H,3,6-7,10H2,1-2H3,(H2,20,21,22). The number of rotatable bonds is 6. The van der Waals surface area contributed by atoms with E-state index in [1.54, 1.807) is 11.3 Å². The first-order chi connectivity index (χ1) is 11.6. The lowest BCUT2D eigenvalue weighted by Gasteiger charge is -2.11. The number of hydrogen-bond acceptors (Lipinski definition) is 4. The zero-order chi connectivity index (χ0) is 17.4. The molecule has 0 aliphatic rings. The number of hydrogen-bond donors (Lipinski definition) is 2. The normalized spacial score (nSPS) is 11.2. The van der Waals surface area contributed by atoms with E-state index in [4.69, 9.17) is 5.26 Å². The smallest absolute Gasteiger partial charge is 0.191 e. The lowest BCUT2D eigenvalue weighted by molar-refractivity contribution is 0.610. The summed E-state index contributed by atoms with van der Waals surface area (Å²) in [5.41, 5.74) is 1.88. The summed E-state index contributed by atoms with van der Waals surface area (Å²) in [6.45, 7) is 5.53. The maximum absolute atomic E-state index is 13.8. The lowest BCUT2D eigenvalue weighted by Crippen LogP contribution is -2.38. The van der Waals surface area contributed by atoms with Crippen LogP contribution in [-0.4, -0.2) is 24.0 Å². The molecule has 5 nitrogen and oxygen atoms in total. The molecule has 7 heteroatoms. The van der Waals surface area contributed by atoms with Crippen LogP contribution in [0.5, 0.6) is 0 Å². The number of thiazole rings is 1. The number of aliphatic imine (C=N–C) groups is 1. The van der Waals surface area contributed by atoms with Crippen LogP contribution in [0.2, 0.25) is 0 Å². The highest BCUT2D eigenvalue weighted by Crippen LogP contribution is 2.11. The van der Waals surface area contributed by atoms with E-state index in [2.05, 4.69) is 20.6 Å². The van der Waals surface area contributed by atoms with Gasteiger partial charge in [0, 0.05) is 30.5 Å². The van der Waals surface area contributed by atoms with Gasteiger partial charge < -0.3 is 10.6 Å². The van der Waals surface area contributed by atoms with Gasteiger partial charge in [-0.25, -0.2) is 14.4 Å². The third-order valence-corrected chi connectivity index (χ3v) is 4.09. The molecule has 24 heavy (non-hydrogen) atoms. The molecule has 2 aromatic rings. The van der Waals surface area contributed by atoms with Crippen molar-refractivity contribution < 1.29 is 4.39 Å². The summed E-state index contributed by atoms with van der Waals surface area (Å²) in [5, 5.41) is 18.3. The molecular formula is C17H20FN5S. The Morgan fingerprint density at radius 3 is 2.92 bits per heavy atom. The molecule has 0 spiro atoms. The minimum atomic E-state index is -0.355. The van der Waals surface area contributed by atoms with Crippen LogP contribution in [0, 0.1) is 24.1 Å². The summed E-state index contributed by atoms with van der Waals surface area (Å²) in [5.74, 6) is 0.262. The molecule has 0 saturated heterocycles. The van der Waals surface area contributed by atoms with E-state index in [0.29, 0.717) is 30.2 Å². The number of aryl methyl sites for hydroxylation is 1. The molecule has 0 fully saturated rings. The molecular weight excluding hydrogens is 325 g/mol. The maximum atomic E-state index is 13.8. The van der Waals surface area contributed by atoms with Crippen LogP contribution in [0.25, 0.3) is 0 Å². The van der Waals surface area contributed by atoms with Crippen molar-refractivity contribution in [2.75, 3.05) is 13.1 Å². The molecule has 2 rings (SSSR count). The summed E-state index contributed by atoms with van der Waals surface area (Å²) in [7, 11) is 0. The number of nitrogens with zero attached hydrogens (tertiary/aromatic N) is 3. The first-order valence-corrected chi connectivity index (χ1v) is 8.62. The molecule has 0 unspecified atom stereocenters. The Kier molecular flexibility index (Phi) is 6.70. The highest BCUT2D eigenvalue weighted by molar-refractivity contribution is 7.09. The van der Waals surface area contributed by atoms with E-state index in [0.717, 1.165) is 17.1 Å². The van der Waals surface area contributed by atoms with Crippen molar-refractivity contribution in [2.24, 2.45) is 4.99 Å². The number of benzene rings is 1. The van der Waals surface area contributed by atoms with Crippen molar-refractivity contribution in [3.63, 3.8) is 0 Å². The van der Waals surface area contributed by atoms with Gasteiger partial charge >= 0.3 is 0 Å². The lowest BCUT2D eigenvalue weighted by atomic mass is 10.1. The highest BCUT2D eigenvalue weighted by Gasteiger charge is 2.05. The fraction of sp³-hybridized carbons (Fsp3) is 0.353. The Bertz CT molecular complexity index is 748. The van der Waals surface area contributed by atoms with Gasteiger partial charge in [-0.1, -0.05) is 0 Å². The molecule has 0 amide bonds. The minimum Gasteiger partial charge on any atom is -0.357 e. The van der Waals surface area contributed by atoms with E-state index >= 15 is 0 Å². The molecule has 0 aliphatic carbocycles. The first kappa shape index (κ1) is 17.9. The van der Waals surface area contributed by atoms with Crippen molar-refractivity contribution in [1.29, 1.82) is 5.26 Å². The topological polar surface area (TPSA) is 73.1 Å². The highest BCUT2D eigenvalue weighted by atomic mass is 32.1. The van der Waals surface area contributed by atoms with Crippen molar-refractivity contribution >= 4 is 17.3 Å². The summed E-state index contributed by atoms with van der Waals surface area (Å²) >= 11 is 1.63. The Labute approximate surface area is 145 Å². The second-order valence-corrected chi connectivity index (χ2v) is 6.21. The Morgan fingerprint density at radius 1 is 1.42 bits per heavy atom. The van der Waals surface area contributed by atoms with Gasteiger partial charge in [0.05, 0.1) is 28.9 Å². The number of aromatic nitrogens is 1. The zero-order valence-corrected chi connectivity index (χ0v) is 14.6. The second kappa shape index (κ2) is 8.99. The quantitative estimate of drug-likeness (QED) is 0.624. The Hall–Kier alpha value is -2.46. The fourth-order valence-corrected chi connectivity index (χ4v) is 2.75. The van der Waals surface area contributed by atoms with Gasteiger partial charge in [0.2, 0.25) is 0 Å². The Morgan fingerprint density at radius 2 is 2.25 bits per heavy atom. The van der Waals surface area contributed by atoms with Crippen LogP contribution in [0.4, 0.5) is 4.39 Å². The molecule has 1 aromatic heterocycles. The predicted octanol–water partition coefficient (Wildman–Crippen LogP) is 2.76. The van der Waals surface area contributed by atoms with E-state index in [-0.39, 0.29) is 12.4 Å². The van der Waals surface area contributed by atoms with E-state index < -0.39 is 0 Å². The molecule has 2 N–H and O–H groups in total. The van der Waals surface area contributed by atoms with Gasteiger partial charge in [-0.2, -0.15) is 5.26 Å². The minimum absolute atomic E-state index is 0.173. The number of nitrogens with one attached hydrogen (secondary N) is 2. The van der Waals surface area contributed by atoms with E-state index in [1.807, 2.05) is 25.3 Å². The summed E-state index contributed by atoms with van der Waals surface area (Å²) < 4.78 is 13.8. The second-order valence-electron chi connectivity index (χ2n) is 5.15. The fourth-order valence-electron chi connectivity index (χ4n) is 2.10. The van der Waals surface area contributed by atoms with Crippen molar-refractivity contribution in [3.05, 3.63) is 51.2 Å². The molecule has 126 valence electrons. The molecule has 1 heterocycles. The molecule has 0 aliphatic heterocycles. The summed E-state index contributed by atoms with van der Waals surface area (Å²) in [6.07, 6.45) is 0.799. The van der Waals surface area contributed by atoms with Crippen LogP contribution < -0.4 is 10.6 Å². The predicted molar refractivity (Wildman–Crippen MR) is 94.5 cm³/mol. The van der Waals surface area contributed by atoms with Crippen LogP contribution in [-0.2, 0) is 13.0 Å². The van der Waals surface area contributed by atoms with Crippen LogP contribution in [0.1, 0.15) is 28.8 Å². The van der Waals surface area contributed by atoms with Gasteiger partial charge in [-0.3, -0.25) is 0 Å².